The maximum absolute atomic E-state index is 11.6. The van der Waals surface area contributed by atoms with Gasteiger partial charge in [-0.05, 0) is 28.7 Å². The summed E-state index contributed by atoms with van der Waals surface area (Å²) < 4.78 is 6.42. The van der Waals surface area contributed by atoms with Crippen LogP contribution in [0, 0.1) is 0 Å². The molecular weight excluding hydrogens is 348 g/mol. The lowest BCUT2D eigenvalue weighted by atomic mass is 10.0. The summed E-state index contributed by atoms with van der Waals surface area (Å²) in [6.45, 7) is 5.14. The third-order valence-electron chi connectivity index (χ3n) is 4.69. The van der Waals surface area contributed by atoms with Gasteiger partial charge in [-0.15, -0.1) is 0 Å². The Balaban J connectivity index is 1.90. The Morgan fingerprint density at radius 2 is 1.85 bits per heavy atom. The summed E-state index contributed by atoms with van der Waals surface area (Å²) in [5.41, 5.74) is 10.6. The number of carbonyl (C=O) groups excluding carboxylic acids is 1. The Kier molecular flexibility index (Phi) is 5.64. The van der Waals surface area contributed by atoms with Gasteiger partial charge >= 0.3 is 5.97 Å². The molecule has 0 fully saturated rings. The lowest BCUT2D eigenvalue weighted by molar-refractivity contribution is -0.135. The number of aromatic nitrogens is 1. The van der Waals surface area contributed by atoms with Crippen molar-refractivity contribution in [3.63, 3.8) is 0 Å². The van der Waals surface area contributed by atoms with Gasteiger partial charge in [-0.2, -0.15) is 0 Å². The van der Waals surface area contributed by atoms with Gasteiger partial charge in [-0.3, -0.25) is 0 Å². The molecule has 0 radical (unpaired) electrons. The van der Waals surface area contributed by atoms with E-state index in [-0.39, 0.29) is 0 Å². The van der Waals surface area contributed by atoms with Crippen LogP contribution in [0.25, 0.3) is 10.9 Å². The highest BCUT2D eigenvalue weighted by atomic mass is 35.5. The number of para-hydroxylation sites is 1. The zero-order chi connectivity index (χ0) is 18.7. The smallest absolute Gasteiger partial charge is 0.341 e. The van der Waals surface area contributed by atoms with Crippen LogP contribution in [0.5, 0.6) is 0 Å². The molecule has 0 spiro atoms. The van der Waals surface area contributed by atoms with E-state index >= 15 is 0 Å². The maximum Gasteiger partial charge on any atom is 0.341 e. The Morgan fingerprint density at radius 3 is 2.50 bits per heavy atom. The van der Waals surface area contributed by atoms with Crippen molar-refractivity contribution in [2.75, 3.05) is 0 Å². The molecule has 3 rings (SSSR count). The molecule has 26 heavy (non-hydrogen) atoms. The zero-order valence-corrected chi connectivity index (χ0v) is 15.7. The van der Waals surface area contributed by atoms with Gasteiger partial charge in [0.25, 0.3) is 0 Å². The largest absolute Gasteiger partial charge is 0.346 e. The van der Waals surface area contributed by atoms with Crippen LogP contribution in [0.15, 0.2) is 54.7 Å². The molecule has 0 amide bonds. The fourth-order valence-electron chi connectivity index (χ4n) is 3.20. The first-order valence-corrected chi connectivity index (χ1v) is 9.04. The van der Waals surface area contributed by atoms with Gasteiger partial charge in [-0.25, -0.2) is 4.79 Å². The molecule has 0 unspecified atom stereocenters. The normalized spacial score (nSPS) is 12.5. The van der Waals surface area contributed by atoms with Crippen molar-refractivity contribution in [3.05, 3.63) is 71.4 Å². The molecule has 0 aliphatic carbocycles. The summed E-state index contributed by atoms with van der Waals surface area (Å²) in [6.07, 6.45) is 2.44. The van der Waals surface area contributed by atoms with Gasteiger partial charge < -0.3 is 14.6 Å². The van der Waals surface area contributed by atoms with Crippen LogP contribution in [0.4, 0.5) is 0 Å². The predicted octanol–water partition coefficient (Wildman–Crippen LogP) is 4.38. The predicted molar refractivity (Wildman–Crippen MR) is 105 cm³/mol. The van der Waals surface area contributed by atoms with Crippen LogP contribution in [-0.2, 0) is 22.0 Å². The lowest BCUT2D eigenvalue weighted by Gasteiger charge is -2.09. The first-order chi connectivity index (χ1) is 12.5. The quantitative estimate of drug-likeness (QED) is 0.700. The minimum absolute atomic E-state index is 0.380. The van der Waals surface area contributed by atoms with E-state index in [0.717, 1.165) is 23.0 Å². The summed E-state index contributed by atoms with van der Waals surface area (Å²) in [7, 11) is 0. The van der Waals surface area contributed by atoms with Gasteiger partial charge in [0, 0.05) is 30.1 Å². The average Bonchev–Trinajstić information content (AvgIpc) is 2.99. The van der Waals surface area contributed by atoms with E-state index in [1.54, 1.807) is 0 Å². The van der Waals surface area contributed by atoms with Crippen molar-refractivity contribution in [1.29, 1.82) is 0 Å². The maximum atomic E-state index is 11.6. The third-order valence-corrected chi connectivity index (χ3v) is 4.84. The monoisotopic (exact) mass is 370 g/mol. The summed E-state index contributed by atoms with van der Waals surface area (Å²) in [4.78, 5) is 11.6. The standard InChI is InChI=1S/C21H23ClN2O2/c1-14(2)16-9-7-15(8-10-16)12-24-13-17(11-19(23)21(25)26-22)18-5-3-4-6-20(18)24/h3-10,13-14,19H,11-12,23H2,1-2H3/t19-/m0/s1. The molecule has 0 aliphatic rings. The number of hydrogen-bond acceptors (Lipinski definition) is 3. The molecule has 4 nitrogen and oxygen atoms in total. The number of benzene rings is 2. The van der Waals surface area contributed by atoms with Crippen molar-refractivity contribution in [3.8, 4) is 0 Å². The number of hydrogen-bond donors (Lipinski definition) is 1. The Labute approximate surface area is 158 Å². The molecule has 2 aromatic carbocycles. The molecule has 3 aromatic rings. The number of nitrogens with two attached hydrogens (primary N) is 1. The van der Waals surface area contributed by atoms with Crippen LogP contribution in [0.2, 0.25) is 0 Å². The first kappa shape index (κ1) is 18.5. The highest BCUT2D eigenvalue weighted by Gasteiger charge is 2.18. The van der Waals surface area contributed by atoms with Crippen molar-refractivity contribution in [1.82, 2.24) is 4.57 Å². The van der Waals surface area contributed by atoms with Crippen molar-refractivity contribution >= 4 is 28.7 Å². The Hall–Kier alpha value is -2.30. The Bertz CT molecular complexity index is 900. The van der Waals surface area contributed by atoms with Gasteiger partial charge in [0.2, 0.25) is 0 Å². The van der Waals surface area contributed by atoms with E-state index in [0.29, 0.717) is 12.3 Å². The molecule has 0 aliphatic heterocycles. The lowest BCUT2D eigenvalue weighted by Crippen LogP contribution is -2.32. The molecule has 1 aromatic heterocycles. The average molecular weight is 371 g/mol. The second-order valence-corrected chi connectivity index (χ2v) is 7.06. The number of carbonyl (C=O) groups is 1. The van der Waals surface area contributed by atoms with Gasteiger partial charge in [0.1, 0.15) is 17.9 Å². The summed E-state index contributed by atoms with van der Waals surface area (Å²) in [6, 6.07) is 16.0. The van der Waals surface area contributed by atoms with E-state index in [1.165, 1.54) is 11.1 Å². The molecule has 1 heterocycles. The second-order valence-electron chi connectivity index (χ2n) is 6.90. The number of fused-ring (bicyclic) bond motifs is 1. The fraction of sp³-hybridized carbons (Fsp3) is 0.286. The number of nitrogens with zero attached hydrogens (tertiary/aromatic N) is 1. The summed E-state index contributed by atoms with van der Waals surface area (Å²) in [5.74, 6) is -0.0981. The van der Waals surface area contributed by atoms with E-state index in [2.05, 4.69) is 59.2 Å². The van der Waals surface area contributed by atoms with E-state index in [9.17, 15) is 4.79 Å². The number of rotatable bonds is 6. The molecular formula is C21H23ClN2O2. The summed E-state index contributed by atoms with van der Waals surface area (Å²) >= 11 is 5.14. The van der Waals surface area contributed by atoms with E-state index < -0.39 is 12.0 Å². The second kappa shape index (κ2) is 7.94. The zero-order valence-electron chi connectivity index (χ0n) is 15.0. The van der Waals surface area contributed by atoms with Crippen LogP contribution in [0.1, 0.15) is 36.5 Å². The van der Waals surface area contributed by atoms with Crippen molar-refractivity contribution < 1.29 is 9.08 Å². The summed E-state index contributed by atoms with van der Waals surface area (Å²) in [5, 5.41) is 1.09. The molecule has 0 bridgehead atoms. The van der Waals surface area contributed by atoms with E-state index in [4.69, 9.17) is 17.6 Å². The van der Waals surface area contributed by atoms with Crippen LogP contribution >= 0.6 is 11.9 Å². The topological polar surface area (TPSA) is 57.2 Å². The minimum atomic E-state index is -0.780. The molecule has 2 N–H and O–H groups in total. The van der Waals surface area contributed by atoms with Crippen LogP contribution < -0.4 is 5.73 Å². The van der Waals surface area contributed by atoms with Gasteiger partial charge in [0.15, 0.2) is 0 Å². The van der Waals surface area contributed by atoms with Gasteiger partial charge in [0.05, 0.1) is 0 Å². The molecule has 0 saturated carbocycles. The van der Waals surface area contributed by atoms with Crippen LogP contribution in [0.3, 0.4) is 0 Å². The highest BCUT2D eigenvalue weighted by Crippen LogP contribution is 2.24. The van der Waals surface area contributed by atoms with Crippen molar-refractivity contribution in [2.45, 2.75) is 38.8 Å². The Morgan fingerprint density at radius 1 is 1.15 bits per heavy atom. The van der Waals surface area contributed by atoms with Gasteiger partial charge in [-0.1, -0.05) is 56.3 Å². The SMILES string of the molecule is CC(C)c1ccc(Cn2cc(C[C@H](N)C(=O)OCl)c3ccccc32)cc1. The minimum Gasteiger partial charge on any atom is -0.346 e. The highest BCUT2D eigenvalue weighted by molar-refractivity contribution is 6.13. The fourth-order valence-corrected chi connectivity index (χ4v) is 3.31. The molecule has 5 heteroatoms. The molecule has 1 atom stereocenters. The third kappa shape index (κ3) is 3.92. The first-order valence-electron chi connectivity index (χ1n) is 8.73. The molecule has 0 saturated heterocycles. The number of halogens is 1. The van der Waals surface area contributed by atoms with Crippen molar-refractivity contribution in [2.24, 2.45) is 5.73 Å². The van der Waals surface area contributed by atoms with E-state index in [1.807, 2.05) is 18.2 Å². The molecule has 136 valence electrons. The van der Waals surface area contributed by atoms with Crippen LogP contribution in [-0.4, -0.2) is 16.6 Å².